The number of hydrogen-bond acceptors (Lipinski definition) is 7. The van der Waals surface area contributed by atoms with Gasteiger partial charge in [0.1, 0.15) is 23.8 Å². The maximum atomic E-state index is 6.11. The van der Waals surface area contributed by atoms with Gasteiger partial charge in [0, 0.05) is 32.5 Å². The molecule has 0 unspecified atom stereocenters. The summed E-state index contributed by atoms with van der Waals surface area (Å²) in [4.78, 5) is 11.2. The highest BCUT2D eigenvalue weighted by Gasteiger charge is 2.38. The maximum Gasteiger partial charge on any atom is 0.196 e. The third-order valence-corrected chi connectivity index (χ3v) is 5.05. The molecule has 0 saturated carbocycles. The van der Waals surface area contributed by atoms with E-state index in [4.69, 9.17) is 9.15 Å². The topological polar surface area (TPSA) is 82.1 Å². The maximum absolute atomic E-state index is 6.11. The lowest BCUT2D eigenvalue weighted by Gasteiger charge is -2.24. The number of para-hydroxylation sites is 1. The number of rotatable bonds is 3. The van der Waals surface area contributed by atoms with Gasteiger partial charge in [0.25, 0.3) is 0 Å². The summed E-state index contributed by atoms with van der Waals surface area (Å²) in [6.07, 6.45) is 4.21. The van der Waals surface area contributed by atoms with Crippen molar-refractivity contribution in [2.24, 2.45) is 7.05 Å². The number of fused-ring (bicyclic) bond motifs is 3. The lowest BCUT2D eigenvalue weighted by atomic mass is 10.2. The van der Waals surface area contributed by atoms with Crippen LogP contribution < -0.4 is 4.90 Å². The molecule has 3 aromatic heterocycles. The fourth-order valence-electron chi connectivity index (χ4n) is 3.76. The molecular weight excluding hydrogens is 332 g/mol. The molecule has 5 rings (SSSR count). The van der Waals surface area contributed by atoms with Crippen molar-refractivity contribution in [3.8, 4) is 0 Å². The third kappa shape index (κ3) is 2.19. The minimum Gasteiger partial charge on any atom is -0.450 e. The molecule has 0 spiro atoms. The van der Waals surface area contributed by atoms with Gasteiger partial charge in [0.15, 0.2) is 17.2 Å². The molecule has 4 aromatic rings. The van der Waals surface area contributed by atoms with Crippen molar-refractivity contribution in [2.45, 2.75) is 18.6 Å². The molecule has 2 atom stereocenters. The highest BCUT2D eigenvalue weighted by Crippen LogP contribution is 2.40. The Morgan fingerprint density at radius 3 is 2.92 bits per heavy atom. The van der Waals surface area contributed by atoms with Gasteiger partial charge < -0.3 is 18.6 Å². The predicted octanol–water partition coefficient (Wildman–Crippen LogP) is 2.47. The zero-order valence-electron chi connectivity index (χ0n) is 14.5. The average Bonchev–Trinajstić information content (AvgIpc) is 3.37. The molecule has 8 heteroatoms. The molecule has 0 aliphatic carbocycles. The van der Waals surface area contributed by atoms with Gasteiger partial charge in [-0.1, -0.05) is 12.1 Å². The van der Waals surface area contributed by atoms with Gasteiger partial charge in [-0.3, -0.25) is 0 Å². The molecule has 26 heavy (non-hydrogen) atoms. The highest BCUT2D eigenvalue weighted by atomic mass is 16.5. The SMILES string of the molecule is CO[C@@H]1C[C@@H](c2nncn2C)N(c2ncnc3c2oc2ccccc23)C1. The molecule has 0 N–H and O–H groups in total. The smallest absolute Gasteiger partial charge is 0.196 e. The van der Waals surface area contributed by atoms with Crippen LogP contribution in [0.5, 0.6) is 0 Å². The first kappa shape index (κ1) is 15.3. The number of aryl methyl sites for hydroxylation is 1. The van der Waals surface area contributed by atoms with E-state index in [1.165, 1.54) is 0 Å². The Bertz CT molecular complexity index is 1090. The number of furan rings is 1. The van der Waals surface area contributed by atoms with Crippen LogP contribution in [-0.4, -0.2) is 44.5 Å². The number of hydrogen-bond donors (Lipinski definition) is 0. The Morgan fingerprint density at radius 2 is 2.12 bits per heavy atom. The van der Waals surface area contributed by atoms with E-state index in [1.54, 1.807) is 19.8 Å². The first-order chi connectivity index (χ1) is 12.8. The average molecular weight is 350 g/mol. The van der Waals surface area contributed by atoms with Crippen LogP contribution in [0.15, 0.2) is 41.3 Å². The molecule has 0 amide bonds. The molecule has 1 fully saturated rings. The molecule has 1 saturated heterocycles. The van der Waals surface area contributed by atoms with Gasteiger partial charge in [0.2, 0.25) is 0 Å². The summed E-state index contributed by atoms with van der Waals surface area (Å²) < 4.78 is 13.7. The number of anilines is 1. The van der Waals surface area contributed by atoms with Crippen molar-refractivity contribution in [1.82, 2.24) is 24.7 Å². The fourth-order valence-corrected chi connectivity index (χ4v) is 3.76. The number of nitrogens with zero attached hydrogens (tertiary/aromatic N) is 6. The summed E-state index contributed by atoms with van der Waals surface area (Å²) in [5, 5.41) is 9.33. The van der Waals surface area contributed by atoms with E-state index in [2.05, 4.69) is 25.1 Å². The Kier molecular flexibility index (Phi) is 3.39. The summed E-state index contributed by atoms with van der Waals surface area (Å²) in [6, 6.07) is 7.91. The van der Waals surface area contributed by atoms with Crippen LogP contribution in [0.2, 0.25) is 0 Å². The largest absolute Gasteiger partial charge is 0.450 e. The molecule has 8 nitrogen and oxygen atoms in total. The van der Waals surface area contributed by atoms with E-state index >= 15 is 0 Å². The summed E-state index contributed by atoms with van der Waals surface area (Å²) in [5.41, 5.74) is 2.32. The number of benzene rings is 1. The summed E-state index contributed by atoms with van der Waals surface area (Å²) in [6.45, 7) is 0.706. The van der Waals surface area contributed by atoms with E-state index < -0.39 is 0 Å². The summed E-state index contributed by atoms with van der Waals surface area (Å²) in [5.74, 6) is 1.64. The van der Waals surface area contributed by atoms with Gasteiger partial charge >= 0.3 is 0 Å². The molecule has 1 aromatic carbocycles. The molecule has 0 bridgehead atoms. The van der Waals surface area contributed by atoms with E-state index in [0.29, 0.717) is 12.1 Å². The Morgan fingerprint density at radius 1 is 1.23 bits per heavy atom. The predicted molar refractivity (Wildman–Crippen MR) is 95.8 cm³/mol. The highest BCUT2D eigenvalue weighted by molar-refractivity contribution is 6.05. The van der Waals surface area contributed by atoms with E-state index in [1.807, 2.05) is 35.9 Å². The minimum absolute atomic E-state index is 0.0127. The third-order valence-electron chi connectivity index (χ3n) is 5.05. The van der Waals surface area contributed by atoms with Crippen LogP contribution in [0.25, 0.3) is 22.1 Å². The standard InChI is InChI=1S/C18H18N6O2/c1-23-10-21-22-17(23)13-7-11(25-2)8-24(13)18-16-15(19-9-20-18)12-5-3-4-6-14(12)26-16/h3-6,9-11,13H,7-8H2,1-2H3/t11-,13+/m1/s1. The lowest BCUT2D eigenvalue weighted by molar-refractivity contribution is 0.118. The van der Waals surface area contributed by atoms with E-state index in [0.717, 1.165) is 34.5 Å². The second-order valence-corrected chi connectivity index (χ2v) is 6.53. The van der Waals surface area contributed by atoms with Crippen molar-refractivity contribution in [1.29, 1.82) is 0 Å². The second kappa shape index (κ2) is 5.77. The van der Waals surface area contributed by atoms with Crippen molar-refractivity contribution in [3.63, 3.8) is 0 Å². The van der Waals surface area contributed by atoms with Gasteiger partial charge in [-0.2, -0.15) is 0 Å². The van der Waals surface area contributed by atoms with Gasteiger partial charge in [0.05, 0.1) is 12.1 Å². The number of ether oxygens (including phenoxy) is 1. The van der Waals surface area contributed by atoms with Crippen LogP contribution in [0, 0.1) is 0 Å². The number of methoxy groups -OCH3 is 1. The number of aromatic nitrogens is 5. The summed E-state index contributed by atoms with van der Waals surface area (Å²) in [7, 11) is 3.68. The second-order valence-electron chi connectivity index (χ2n) is 6.53. The van der Waals surface area contributed by atoms with Crippen molar-refractivity contribution >= 4 is 27.9 Å². The first-order valence-corrected chi connectivity index (χ1v) is 8.52. The fraction of sp³-hybridized carbons (Fsp3) is 0.333. The monoisotopic (exact) mass is 350 g/mol. The molecule has 132 valence electrons. The van der Waals surface area contributed by atoms with E-state index in [-0.39, 0.29) is 12.1 Å². The van der Waals surface area contributed by atoms with Gasteiger partial charge in [-0.25, -0.2) is 9.97 Å². The first-order valence-electron chi connectivity index (χ1n) is 8.52. The van der Waals surface area contributed by atoms with Crippen molar-refractivity contribution in [2.75, 3.05) is 18.6 Å². The van der Waals surface area contributed by atoms with Crippen molar-refractivity contribution < 1.29 is 9.15 Å². The van der Waals surface area contributed by atoms with Crippen LogP contribution in [0.4, 0.5) is 5.82 Å². The molecule has 4 heterocycles. The van der Waals surface area contributed by atoms with Crippen LogP contribution in [0.1, 0.15) is 18.3 Å². The molecular formula is C18H18N6O2. The summed E-state index contributed by atoms with van der Waals surface area (Å²) >= 11 is 0. The zero-order valence-corrected chi connectivity index (χ0v) is 14.5. The van der Waals surface area contributed by atoms with Gasteiger partial charge in [-0.15, -0.1) is 10.2 Å². The Hall–Kier alpha value is -3.00. The lowest BCUT2D eigenvalue weighted by Crippen LogP contribution is -2.27. The molecule has 1 aliphatic heterocycles. The molecule has 1 aliphatic rings. The Balaban J connectivity index is 1.69. The molecule has 0 radical (unpaired) electrons. The van der Waals surface area contributed by atoms with Crippen LogP contribution in [-0.2, 0) is 11.8 Å². The quantitative estimate of drug-likeness (QED) is 0.561. The zero-order chi connectivity index (χ0) is 17.7. The Labute approximate surface area is 149 Å². The van der Waals surface area contributed by atoms with E-state index in [9.17, 15) is 0 Å². The normalized spacial score (nSPS) is 20.5. The minimum atomic E-state index is 0.0127. The van der Waals surface area contributed by atoms with Gasteiger partial charge in [-0.05, 0) is 12.1 Å². The van der Waals surface area contributed by atoms with Crippen LogP contribution in [0.3, 0.4) is 0 Å². The van der Waals surface area contributed by atoms with Crippen molar-refractivity contribution in [3.05, 3.63) is 42.7 Å². The van der Waals surface area contributed by atoms with Crippen LogP contribution >= 0.6 is 0 Å².